The zero-order valence-corrected chi connectivity index (χ0v) is 12.6. The summed E-state index contributed by atoms with van der Waals surface area (Å²) in [7, 11) is 1.76. The second-order valence-corrected chi connectivity index (χ2v) is 6.15. The van der Waals surface area contributed by atoms with E-state index in [0.717, 1.165) is 13.1 Å². The first-order chi connectivity index (χ1) is 10.1. The van der Waals surface area contributed by atoms with Crippen molar-refractivity contribution in [2.45, 2.75) is 24.9 Å². The molecule has 0 aliphatic carbocycles. The highest BCUT2D eigenvalue weighted by molar-refractivity contribution is 5.85. The van der Waals surface area contributed by atoms with Crippen LogP contribution in [0.1, 0.15) is 12.8 Å². The summed E-state index contributed by atoms with van der Waals surface area (Å²) in [5, 5.41) is 3.05. The number of amides is 3. The first-order valence-electron chi connectivity index (χ1n) is 7.76. The molecule has 3 rings (SSSR count). The minimum absolute atomic E-state index is 0.0473. The fourth-order valence-electron chi connectivity index (χ4n) is 3.39. The van der Waals surface area contributed by atoms with Crippen LogP contribution in [0.4, 0.5) is 4.79 Å². The number of hydrogen-bond donors (Lipinski definition) is 1. The highest BCUT2D eigenvalue weighted by Gasteiger charge is 2.36. The molecular formula is C14H24N4O3. The van der Waals surface area contributed by atoms with E-state index < -0.39 is 0 Å². The molecule has 3 aliphatic heterocycles. The minimum atomic E-state index is -0.0849. The zero-order chi connectivity index (χ0) is 14.8. The summed E-state index contributed by atoms with van der Waals surface area (Å²) >= 11 is 0. The van der Waals surface area contributed by atoms with Crippen molar-refractivity contribution in [1.29, 1.82) is 0 Å². The van der Waals surface area contributed by atoms with Gasteiger partial charge in [0.25, 0.3) is 0 Å². The summed E-state index contributed by atoms with van der Waals surface area (Å²) in [6, 6.07) is 0.267. The van der Waals surface area contributed by atoms with E-state index in [1.165, 1.54) is 12.8 Å². The van der Waals surface area contributed by atoms with Gasteiger partial charge in [0.05, 0.1) is 25.3 Å². The molecule has 3 saturated heterocycles. The van der Waals surface area contributed by atoms with Crippen molar-refractivity contribution < 1.29 is 14.3 Å². The topological polar surface area (TPSA) is 65.1 Å². The number of likely N-dealkylation sites (tertiary alicyclic amines) is 1. The Bertz CT molecular complexity index is 411. The van der Waals surface area contributed by atoms with Crippen molar-refractivity contribution in [3.05, 3.63) is 0 Å². The van der Waals surface area contributed by atoms with Crippen molar-refractivity contribution in [1.82, 2.24) is 20.0 Å². The molecule has 7 nitrogen and oxygen atoms in total. The molecule has 1 N–H and O–H groups in total. The van der Waals surface area contributed by atoms with Gasteiger partial charge in [-0.2, -0.15) is 0 Å². The fourth-order valence-corrected chi connectivity index (χ4v) is 3.39. The Kier molecular flexibility index (Phi) is 4.30. The van der Waals surface area contributed by atoms with E-state index in [1.54, 1.807) is 16.8 Å². The van der Waals surface area contributed by atoms with E-state index in [0.29, 0.717) is 26.3 Å². The van der Waals surface area contributed by atoms with Gasteiger partial charge in [-0.3, -0.25) is 9.69 Å². The average Bonchev–Trinajstić information content (AvgIpc) is 3.16. The second kappa shape index (κ2) is 6.19. The Hall–Kier alpha value is -1.34. The first-order valence-corrected chi connectivity index (χ1v) is 7.76. The summed E-state index contributed by atoms with van der Waals surface area (Å²) in [6.45, 7) is 4.91. The number of urea groups is 1. The molecule has 0 unspecified atom stereocenters. The van der Waals surface area contributed by atoms with Crippen LogP contribution < -0.4 is 5.32 Å². The van der Waals surface area contributed by atoms with Gasteiger partial charge in [0.15, 0.2) is 0 Å². The largest absolute Gasteiger partial charge is 0.378 e. The number of nitrogens with zero attached hydrogens (tertiary/aromatic N) is 3. The standard InChI is InChI=1S/C14H24N4O3/c1-16-6-7-18(14(16)20)8-13(19)15-11-9-21-10-12(11)17-4-2-3-5-17/h11-12H,2-10H2,1H3,(H,15,19)/t11-,12-/m0/s1. The predicted molar refractivity (Wildman–Crippen MR) is 76.9 cm³/mol. The summed E-state index contributed by atoms with van der Waals surface area (Å²) < 4.78 is 5.55. The Balaban J connectivity index is 1.51. The van der Waals surface area contributed by atoms with Crippen LogP contribution in [0.15, 0.2) is 0 Å². The van der Waals surface area contributed by atoms with Gasteiger partial charge >= 0.3 is 6.03 Å². The second-order valence-electron chi connectivity index (χ2n) is 6.15. The van der Waals surface area contributed by atoms with Crippen LogP contribution in [0.3, 0.4) is 0 Å². The molecule has 3 heterocycles. The van der Waals surface area contributed by atoms with Gasteiger partial charge in [-0.15, -0.1) is 0 Å². The van der Waals surface area contributed by atoms with Crippen LogP contribution in [0.25, 0.3) is 0 Å². The molecule has 118 valence electrons. The molecule has 0 aromatic heterocycles. The summed E-state index contributed by atoms with van der Waals surface area (Å²) in [5.41, 5.74) is 0. The van der Waals surface area contributed by atoms with E-state index in [2.05, 4.69) is 10.2 Å². The number of nitrogens with one attached hydrogen (secondary N) is 1. The number of likely N-dealkylation sites (N-methyl/N-ethyl adjacent to an activating group) is 1. The van der Waals surface area contributed by atoms with Crippen LogP contribution >= 0.6 is 0 Å². The molecule has 3 fully saturated rings. The lowest BCUT2D eigenvalue weighted by Gasteiger charge is -2.28. The lowest BCUT2D eigenvalue weighted by atomic mass is 10.1. The molecule has 3 aliphatic rings. The third-order valence-electron chi connectivity index (χ3n) is 4.64. The number of ether oxygens (including phenoxy) is 1. The Morgan fingerprint density at radius 1 is 1.24 bits per heavy atom. The molecule has 0 saturated carbocycles. The van der Waals surface area contributed by atoms with E-state index >= 15 is 0 Å². The van der Waals surface area contributed by atoms with Gasteiger partial charge in [-0.25, -0.2) is 4.79 Å². The molecule has 0 spiro atoms. The monoisotopic (exact) mass is 296 g/mol. The molecule has 0 radical (unpaired) electrons. The minimum Gasteiger partial charge on any atom is -0.378 e. The molecule has 7 heteroatoms. The normalized spacial score (nSPS) is 30.4. The van der Waals surface area contributed by atoms with Crippen LogP contribution in [-0.2, 0) is 9.53 Å². The van der Waals surface area contributed by atoms with E-state index in [1.807, 2.05) is 0 Å². The van der Waals surface area contributed by atoms with Crippen molar-refractivity contribution in [3.63, 3.8) is 0 Å². The lowest BCUT2D eigenvalue weighted by Crippen LogP contribution is -2.52. The maximum atomic E-state index is 12.2. The quantitative estimate of drug-likeness (QED) is 0.747. The van der Waals surface area contributed by atoms with Crippen molar-refractivity contribution in [2.75, 3.05) is 53.0 Å². The van der Waals surface area contributed by atoms with Gasteiger partial charge in [0.1, 0.15) is 6.54 Å². The fraction of sp³-hybridized carbons (Fsp3) is 0.857. The van der Waals surface area contributed by atoms with E-state index in [4.69, 9.17) is 4.74 Å². The Morgan fingerprint density at radius 2 is 2.00 bits per heavy atom. The Morgan fingerprint density at radius 3 is 2.67 bits per heavy atom. The van der Waals surface area contributed by atoms with Crippen molar-refractivity contribution in [2.24, 2.45) is 0 Å². The summed E-state index contributed by atoms with van der Waals surface area (Å²) in [4.78, 5) is 29.6. The van der Waals surface area contributed by atoms with Crippen LogP contribution in [0.2, 0.25) is 0 Å². The lowest BCUT2D eigenvalue weighted by molar-refractivity contribution is -0.122. The molecule has 3 amide bonds. The maximum Gasteiger partial charge on any atom is 0.320 e. The van der Waals surface area contributed by atoms with Crippen LogP contribution in [0.5, 0.6) is 0 Å². The molecule has 0 bridgehead atoms. The number of rotatable bonds is 4. The van der Waals surface area contributed by atoms with Gasteiger partial charge in [-0.05, 0) is 25.9 Å². The molecular weight excluding hydrogens is 272 g/mol. The molecule has 21 heavy (non-hydrogen) atoms. The van der Waals surface area contributed by atoms with Crippen molar-refractivity contribution >= 4 is 11.9 Å². The van der Waals surface area contributed by atoms with Gasteiger partial charge in [0.2, 0.25) is 5.91 Å². The van der Waals surface area contributed by atoms with Crippen LogP contribution in [-0.4, -0.2) is 91.7 Å². The zero-order valence-electron chi connectivity index (χ0n) is 12.6. The Labute approximate surface area is 125 Å². The first kappa shape index (κ1) is 14.6. The van der Waals surface area contributed by atoms with Crippen LogP contribution in [0, 0.1) is 0 Å². The van der Waals surface area contributed by atoms with E-state index in [9.17, 15) is 9.59 Å². The molecule has 0 aromatic rings. The number of hydrogen-bond acceptors (Lipinski definition) is 4. The summed E-state index contributed by atoms with van der Waals surface area (Å²) in [5.74, 6) is -0.0849. The number of carbonyl (C=O) groups excluding carboxylic acids is 2. The average molecular weight is 296 g/mol. The van der Waals surface area contributed by atoms with Gasteiger partial charge < -0.3 is 19.9 Å². The summed E-state index contributed by atoms with van der Waals surface area (Å²) in [6.07, 6.45) is 2.46. The maximum absolute atomic E-state index is 12.2. The van der Waals surface area contributed by atoms with Crippen molar-refractivity contribution in [3.8, 4) is 0 Å². The third kappa shape index (κ3) is 3.13. The SMILES string of the molecule is CN1CCN(CC(=O)N[C@H]2COC[C@@H]2N2CCCC2)C1=O. The van der Waals surface area contributed by atoms with Gasteiger partial charge in [-0.1, -0.05) is 0 Å². The van der Waals surface area contributed by atoms with Gasteiger partial charge in [0, 0.05) is 20.1 Å². The highest BCUT2D eigenvalue weighted by Crippen LogP contribution is 2.19. The molecule has 0 aromatic carbocycles. The highest BCUT2D eigenvalue weighted by atomic mass is 16.5. The molecule has 2 atom stereocenters. The third-order valence-corrected chi connectivity index (χ3v) is 4.64. The number of carbonyl (C=O) groups is 2. The smallest absolute Gasteiger partial charge is 0.320 e. The predicted octanol–water partition coefficient (Wildman–Crippen LogP) is -0.667. The van der Waals surface area contributed by atoms with E-state index in [-0.39, 0.29) is 30.6 Å².